The van der Waals surface area contributed by atoms with E-state index in [-0.39, 0.29) is 18.9 Å². The van der Waals surface area contributed by atoms with E-state index >= 15 is 0 Å². The monoisotopic (exact) mass is 281 g/mol. The average molecular weight is 281 g/mol. The molecule has 0 fully saturated rings. The molecular weight excluding hydrogens is 258 g/mol. The molecule has 0 radical (unpaired) electrons. The van der Waals surface area contributed by atoms with Gasteiger partial charge in [-0.15, -0.1) is 0 Å². The van der Waals surface area contributed by atoms with E-state index in [4.69, 9.17) is 9.47 Å². The van der Waals surface area contributed by atoms with Crippen molar-refractivity contribution in [1.29, 1.82) is 0 Å². The molecular formula is C15H23NO4. The van der Waals surface area contributed by atoms with Crippen molar-refractivity contribution in [1.82, 2.24) is 5.32 Å². The lowest BCUT2D eigenvalue weighted by atomic mass is 9.99. The Balaban J connectivity index is 2.34. The van der Waals surface area contributed by atoms with Gasteiger partial charge in [0, 0.05) is 0 Å². The van der Waals surface area contributed by atoms with Crippen molar-refractivity contribution in [2.75, 3.05) is 13.7 Å². The van der Waals surface area contributed by atoms with Crippen LogP contribution in [0.25, 0.3) is 0 Å². The lowest BCUT2D eigenvalue weighted by molar-refractivity contribution is -0.124. The predicted octanol–water partition coefficient (Wildman–Crippen LogP) is 1.74. The third kappa shape index (κ3) is 5.09. The molecule has 0 aliphatic rings. The van der Waals surface area contributed by atoms with Gasteiger partial charge in [-0.1, -0.05) is 0 Å². The number of carbonyl (C=O) groups excluding carboxylic acids is 1. The zero-order valence-corrected chi connectivity index (χ0v) is 12.5. The SMILES string of the molecule is COc1ccc(OCCC(=O)NC(C)(C)C(C)O)cc1. The number of methoxy groups -OCH3 is 1. The first-order valence-electron chi connectivity index (χ1n) is 6.61. The van der Waals surface area contributed by atoms with Crippen molar-refractivity contribution >= 4 is 5.91 Å². The number of rotatable bonds is 7. The third-order valence-corrected chi connectivity index (χ3v) is 3.16. The fraction of sp³-hybridized carbons (Fsp3) is 0.533. The van der Waals surface area contributed by atoms with Crippen molar-refractivity contribution < 1.29 is 19.4 Å². The van der Waals surface area contributed by atoms with E-state index in [0.29, 0.717) is 5.75 Å². The lowest BCUT2D eigenvalue weighted by Crippen LogP contribution is -2.51. The number of benzene rings is 1. The second-order valence-corrected chi connectivity index (χ2v) is 5.22. The predicted molar refractivity (Wildman–Crippen MR) is 77.0 cm³/mol. The average Bonchev–Trinajstić information content (AvgIpc) is 2.38. The van der Waals surface area contributed by atoms with Gasteiger partial charge in [0.05, 0.1) is 31.8 Å². The number of ether oxygens (including phenoxy) is 2. The Morgan fingerprint density at radius 3 is 2.35 bits per heavy atom. The summed E-state index contributed by atoms with van der Waals surface area (Å²) < 4.78 is 10.5. The van der Waals surface area contributed by atoms with Crippen LogP contribution in [-0.4, -0.2) is 36.4 Å². The molecule has 0 aliphatic heterocycles. The molecule has 5 heteroatoms. The summed E-state index contributed by atoms with van der Waals surface area (Å²) in [6.45, 7) is 5.49. The summed E-state index contributed by atoms with van der Waals surface area (Å²) >= 11 is 0. The molecule has 112 valence electrons. The van der Waals surface area contributed by atoms with Gasteiger partial charge in [0.25, 0.3) is 0 Å². The van der Waals surface area contributed by atoms with Crippen molar-refractivity contribution in [3.05, 3.63) is 24.3 Å². The maximum absolute atomic E-state index is 11.7. The van der Waals surface area contributed by atoms with Gasteiger partial charge in [-0.05, 0) is 45.0 Å². The molecule has 2 N–H and O–H groups in total. The topological polar surface area (TPSA) is 67.8 Å². The Morgan fingerprint density at radius 1 is 1.30 bits per heavy atom. The second-order valence-electron chi connectivity index (χ2n) is 5.22. The van der Waals surface area contributed by atoms with Gasteiger partial charge < -0.3 is 19.9 Å². The first kappa shape index (κ1) is 16.3. The smallest absolute Gasteiger partial charge is 0.223 e. The highest BCUT2D eigenvalue weighted by Crippen LogP contribution is 2.17. The molecule has 1 aromatic rings. The molecule has 0 saturated heterocycles. The highest BCUT2D eigenvalue weighted by molar-refractivity contribution is 5.76. The van der Waals surface area contributed by atoms with Crippen LogP contribution in [0.4, 0.5) is 0 Å². The van der Waals surface area contributed by atoms with E-state index in [1.807, 2.05) is 0 Å². The normalized spacial score (nSPS) is 12.7. The van der Waals surface area contributed by atoms with Crippen molar-refractivity contribution in [2.45, 2.75) is 38.8 Å². The Bertz CT molecular complexity index is 426. The van der Waals surface area contributed by atoms with E-state index in [9.17, 15) is 9.90 Å². The van der Waals surface area contributed by atoms with Gasteiger partial charge in [-0.3, -0.25) is 4.79 Å². The van der Waals surface area contributed by atoms with Crippen LogP contribution in [0.2, 0.25) is 0 Å². The molecule has 1 amide bonds. The maximum atomic E-state index is 11.7. The molecule has 0 bridgehead atoms. The van der Waals surface area contributed by atoms with E-state index in [1.165, 1.54) is 0 Å². The van der Waals surface area contributed by atoms with Gasteiger partial charge in [0.15, 0.2) is 0 Å². The lowest BCUT2D eigenvalue weighted by Gasteiger charge is -2.29. The largest absolute Gasteiger partial charge is 0.497 e. The molecule has 5 nitrogen and oxygen atoms in total. The fourth-order valence-electron chi connectivity index (χ4n) is 1.46. The van der Waals surface area contributed by atoms with E-state index in [0.717, 1.165) is 5.75 Å². The summed E-state index contributed by atoms with van der Waals surface area (Å²) in [5.41, 5.74) is -0.642. The second kappa shape index (κ2) is 7.14. The van der Waals surface area contributed by atoms with Crippen molar-refractivity contribution in [3.8, 4) is 11.5 Å². The van der Waals surface area contributed by atoms with Gasteiger partial charge in [0.1, 0.15) is 11.5 Å². The number of hydrogen-bond acceptors (Lipinski definition) is 4. The molecule has 1 rings (SSSR count). The first-order chi connectivity index (χ1) is 9.35. The summed E-state index contributed by atoms with van der Waals surface area (Å²) in [5.74, 6) is 1.30. The Labute approximate surface area is 119 Å². The molecule has 0 spiro atoms. The maximum Gasteiger partial charge on any atom is 0.223 e. The van der Waals surface area contributed by atoms with Gasteiger partial charge in [0.2, 0.25) is 5.91 Å². The summed E-state index contributed by atoms with van der Waals surface area (Å²) in [5, 5.41) is 12.3. The highest BCUT2D eigenvalue weighted by Gasteiger charge is 2.25. The molecule has 1 aromatic carbocycles. The van der Waals surface area contributed by atoms with Crippen LogP contribution in [0.3, 0.4) is 0 Å². The minimum Gasteiger partial charge on any atom is -0.497 e. The molecule has 0 aliphatic carbocycles. The van der Waals surface area contributed by atoms with E-state index in [2.05, 4.69) is 5.32 Å². The number of aliphatic hydroxyl groups is 1. The Kier molecular flexibility index (Phi) is 5.82. The van der Waals surface area contributed by atoms with Crippen LogP contribution in [0.5, 0.6) is 11.5 Å². The minimum absolute atomic E-state index is 0.149. The van der Waals surface area contributed by atoms with Crippen molar-refractivity contribution in [2.24, 2.45) is 0 Å². The number of aliphatic hydroxyl groups excluding tert-OH is 1. The Morgan fingerprint density at radius 2 is 1.85 bits per heavy atom. The summed E-state index contributed by atoms with van der Waals surface area (Å²) in [6, 6.07) is 7.17. The van der Waals surface area contributed by atoms with Gasteiger partial charge >= 0.3 is 0 Å². The van der Waals surface area contributed by atoms with Crippen LogP contribution in [0, 0.1) is 0 Å². The van der Waals surface area contributed by atoms with E-state index in [1.54, 1.807) is 52.1 Å². The summed E-state index contributed by atoms with van der Waals surface area (Å²) in [7, 11) is 1.60. The molecule has 0 aromatic heterocycles. The van der Waals surface area contributed by atoms with Crippen LogP contribution in [-0.2, 0) is 4.79 Å². The highest BCUT2D eigenvalue weighted by atomic mass is 16.5. The number of carbonyl (C=O) groups is 1. The fourth-order valence-corrected chi connectivity index (χ4v) is 1.46. The molecule has 1 unspecified atom stereocenters. The van der Waals surface area contributed by atoms with Crippen LogP contribution in [0.15, 0.2) is 24.3 Å². The number of amides is 1. The quantitative estimate of drug-likeness (QED) is 0.799. The van der Waals surface area contributed by atoms with Crippen LogP contribution >= 0.6 is 0 Å². The third-order valence-electron chi connectivity index (χ3n) is 3.16. The Hall–Kier alpha value is -1.75. The summed E-state index contributed by atoms with van der Waals surface area (Å²) in [6.07, 6.45) is -0.378. The standard InChI is InChI=1S/C15H23NO4/c1-11(17)15(2,3)16-14(18)9-10-20-13-7-5-12(19-4)6-8-13/h5-8,11,17H,9-10H2,1-4H3,(H,16,18). The summed E-state index contributed by atoms with van der Waals surface area (Å²) in [4.78, 5) is 11.7. The molecule has 0 heterocycles. The zero-order chi connectivity index (χ0) is 15.2. The van der Waals surface area contributed by atoms with Crippen LogP contribution in [0.1, 0.15) is 27.2 Å². The number of hydrogen-bond donors (Lipinski definition) is 2. The van der Waals surface area contributed by atoms with Crippen molar-refractivity contribution in [3.63, 3.8) is 0 Å². The molecule has 20 heavy (non-hydrogen) atoms. The molecule has 0 saturated carbocycles. The van der Waals surface area contributed by atoms with E-state index < -0.39 is 11.6 Å². The van der Waals surface area contributed by atoms with Gasteiger partial charge in [-0.2, -0.15) is 0 Å². The minimum atomic E-state index is -0.642. The number of nitrogens with one attached hydrogen (secondary N) is 1. The van der Waals surface area contributed by atoms with Crippen LogP contribution < -0.4 is 14.8 Å². The zero-order valence-electron chi connectivity index (χ0n) is 12.5. The molecule has 1 atom stereocenters. The first-order valence-corrected chi connectivity index (χ1v) is 6.61. The van der Waals surface area contributed by atoms with Gasteiger partial charge in [-0.25, -0.2) is 0 Å².